The normalized spacial score (nSPS) is 20.1. The van der Waals surface area contributed by atoms with E-state index in [1.165, 1.54) is 23.1 Å². The van der Waals surface area contributed by atoms with Crippen LogP contribution in [0.1, 0.15) is 75.5 Å². The molecular formula is C44H59N9O9S2. The van der Waals surface area contributed by atoms with Crippen LogP contribution in [0.25, 0.3) is 0 Å². The van der Waals surface area contributed by atoms with Gasteiger partial charge < -0.3 is 31.9 Å². The molecule has 7 N–H and O–H groups in total. The van der Waals surface area contributed by atoms with Gasteiger partial charge >= 0.3 is 0 Å². The maximum Gasteiger partial charge on any atom is 0.247 e. The number of likely N-dealkylation sites (tertiary alicyclic amines) is 1. The van der Waals surface area contributed by atoms with Crippen molar-refractivity contribution in [3.63, 3.8) is 0 Å². The molecule has 0 radical (unpaired) electrons. The fourth-order valence-corrected chi connectivity index (χ4v) is 11.8. The van der Waals surface area contributed by atoms with E-state index in [-0.39, 0.29) is 74.1 Å². The van der Waals surface area contributed by atoms with E-state index in [2.05, 4.69) is 16.0 Å². The Balaban J connectivity index is 1.28. The molecule has 346 valence electrons. The van der Waals surface area contributed by atoms with E-state index < -0.39 is 80.4 Å². The van der Waals surface area contributed by atoms with Crippen LogP contribution in [0, 0.1) is 0 Å². The molecule has 3 aromatic carbocycles. The first-order chi connectivity index (χ1) is 30.6. The van der Waals surface area contributed by atoms with E-state index in [1.54, 1.807) is 11.8 Å². The Morgan fingerprint density at radius 1 is 0.828 bits per heavy atom. The molecule has 4 atom stereocenters. The van der Waals surface area contributed by atoms with E-state index in [9.17, 15) is 40.8 Å². The third-order valence-corrected chi connectivity index (χ3v) is 16.0. The second-order valence-corrected chi connectivity index (χ2v) is 20.1. The van der Waals surface area contributed by atoms with Crippen LogP contribution in [0.4, 0.5) is 0 Å². The number of sulfonamides is 2. The fraction of sp³-hybridized carbons (Fsp3) is 0.477. The van der Waals surface area contributed by atoms with Gasteiger partial charge in [-0.2, -0.15) is 8.61 Å². The Labute approximate surface area is 375 Å². The zero-order valence-corrected chi connectivity index (χ0v) is 37.6. The lowest BCUT2D eigenvalue weighted by Crippen LogP contribution is -2.62. The van der Waals surface area contributed by atoms with Crippen molar-refractivity contribution >= 4 is 49.6 Å². The lowest BCUT2D eigenvalue weighted by atomic mass is 9.98. The number of carbonyl (C=O) groups excluding carboxylic acids is 5. The number of benzene rings is 3. The summed E-state index contributed by atoms with van der Waals surface area (Å²) in [5, 5.41) is 8.62. The summed E-state index contributed by atoms with van der Waals surface area (Å²) in [4.78, 5) is 70.1. The predicted molar refractivity (Wildman–Crippen MR) is 238 cm³/mol. The van der Waals surface area contributed by atoms with Crippen molar-refractivity contribution in [3.05, 3.63) is 96.1 Å². The number of hydrogen-bond donors (Lipinski definition) is 5. The maximum absolute atomic E-state index is 14.9. The predicted octanol–water partition coefficient (Wildman–Crippen LogP) is 0.994. The van der Waals surface area contributed by atoms with Crippen molar-refractivity contribution in [3.8, 4) is 0 Å². The molecule has 18 nitrogen and oxygen atoms in total. The van der Waals surface area contributed by atoms with Gasteiger partial charge in [-0.05, 0) is 67.9 Å². The van der Waals surface area contributed by atoms with Gasteiger partial charge in [0.1, 0.15) is 12.1 Å². The van der Waals surface area contributed by atoms with E-state index in [1.807, 2.05) is 60.7 Å². The largest absolute Gasteiger partial charge is 0.370 e. The van der Waals surface area contributed by atoms with E-state index in [4.69, 9.17) is 11.5 Å². The van der Waals surface area contributed by atoms with Crippen molar-refractivity contribution in [2.75, 3.05) is 45.9 Å². The summed E-state index contributed by atoms with van der Waals surface area (Å²) in [7, 11) is -8.80. The van der Waals surface area contributed by atoms with Gasteiger partial charge in [-0.1, -0.05) is 73.7 Å². The molecule has 0 spiro atoms. The van der Waals surface area contributed by atoms with Gasteiger partial charge in [-0.25, -0.2) is 16.8 Å². The van der Waals surface area contributed by atoms with Crippen LogP contribution in [-0.2, 0) is 44.0 Å². The minimum Gasteiger partial charge on any atom is -0.370 e. The van der Waals surface area contributed by atoms with Crippen molar-refractivity contribution < 1.29 is 40.8 Å². The Kier molecular flexibility index (Phi) is 16.3. The van der Waals surface area contributed by atoms with Crippen LogP contribution < -0.4 is 27.4 Å². The summed E-state index contributed by atoms with van der Waals surface area (Å²) >= 11 is 0. The van der Waals surface area contributed by atoms with Gasteiger partial charge in [0.2, 0.25) is 49.6 Å². The molecule has 3 heterocycles. The number of nitrogens with zero attached hydrogens (tertiary/aromatic N) is 4. The second-order valence-electron chi connectivity index (χ2n) is 16.2. The number of carbonyl (C=O) groups is 5. The first-order valence-corrected chi connectivity index (χ1v) is 24.7. The molecule has 3 fully saturated rings. The fourth-order valence-electron chi connectivity index (χ4n) is 8.73. The van der Waals surface area contributed by atoms with Gasteiger partial charge in [-0.3, -0.25) is 29.3 Å². The number of amides is 5. The highest BCUT2D eigenvalue weighted by atomic mass is 32.2. The first kappa shape index (κ1) is 48.2. The van der Waals surface area contributed by atoms with E-state index in [0.29, 0.717) is 19.5 Å². The smallest absolute Gasteiger partial charge is 0.247 e. The van der Waals surface area contributed by atoms with Crippen molar-refractivity contribution in [2.45, 2.75) is 98.3 Å². The van der Waals surface area contributed by atoms with Gasteiger partial charge in [-0.15, -0.1) is 0 Å². The quantitative estimate of drug-likeness (QED) is 0.106. The molecule has 0 bridgehead atoms. The molecule has 64 heavy (non-hydrogen) atoms. The topological polar surface area (TPSA) is 255 Å². The standard InChI is InChI=1S/C44H59N9O9S2/c1-2-51(27-23-40(55)50-24-9-10-25-50)63(59,60)34-16-11-17-35(28-34)64(61,62)52-26-22-33-18-20-38(43(57)49-41(31-12-5-3-6-13-31)32-14-7-4-8-15-32)53(33)44(58)37(29-52)48-42(56)36(47-30-45)19-21-39(46)54/h3-8,11-17,28,33,36-38,41,47H,2,9-10,18-27,29-30,45H2,1H3,(H2,46,54)(H,48,56)(H,49,57)/t33-,36+,37+,38+/m1/s1. The average molecular weight is 922 g/mol. The number of nitrogens with one attached hydrogen (secondary N) is 3. The number of primary amides is 1. The van der Waals surface area contributed by atoms with Gasteiger partial charge in [0.15, 0.2) is 0 Å². The zero-order chi connectivity index (χ0) is 46.0. The molecular weight excluding hydrogens is 863 g/mol. The van der Waals surface area contributed by atoms with Crippen molar-refractivity contribution in [1.29, 1.82) is 0 Å². The molecule has 0 unspecified atom stereocenters. The summed E-state index contributed by atoms with van der Waals surface area (Å²) in [6.07, 6.45) is 2.27. The molecule has 3 aromatic rings. The van der Waals surface area contributed by atoms with Crippen LogP contribution >= 0.6 is 0 Å². The lowest BCUT2D eigenvalue weighted by molar-refractivity contribution is -0.144. The van der Waals surface area contributed by atoms with Crippen molar-refractivity contribution in [1.82, 2.24) is 34.4 Å². The van der Waals surface area contributed by atoms with Crippen LogP contribution in [-0.4, -0.2) is 135 Å². The Bertz CT molecular complexity index is 2310. The molecule has 3 aliphatic rings. The van der Waals surface area contributed by atoms with Crippen molar-refractivity contribution in [2.24, 2.45) is 11.5 Å². The third-order valence-electron chi connectivity index (χ3n) is 12.2. The Hall–Kier alpha value is -5.25. The average Bonchev–Trinajstić information content (AvgIpc) is 3.99. The minimum absolute atomic E-state index is 0.0223. The molecule has 6 rings (SSSR count). The summed E-state index contributed by atoms with van der Waals surface area (Å²) < 4.78 is 59.3. The minimum atomic E-state index is -4.54. The number of fused-ring (bicyclic) bond motifs is 1. The Morgan fingerprint density at radius 3 is 2.08 bits per heavy atom. The monoisotopic (exact) mass is 921 g/mol. The lowest BCUT2D eigenvalue weighted by Gasteiger charge is -2.39. The zero-order valence-electron chi connectivity index (χ0n) is 36.0. The number of nitrogens with two attached hydrogens (primary N) is 2. The first-order valence-electron chi connectivity index (χ1n) is 21.8. The highest BCUT2D eigenvalue weighted by Crippen LogP contribution is 2.33. The summed E-state index contributed by atoms with van der Waals surface area (Å²) in [6.45, 7) is 1.97. The van der Waals surface area contributed by atoms with E-state index in [0.717, 1.165) is 38.6 Å². The summed E-state index contributed by atoms with van der Waals surface area (Å²) in [6, 6.07) is 19.0. The summed E-state index contributed by atoms with van der Waals surface area (Å²) in [5.74, 6) is -2.68. The molecule has 5 amide bonds. The van der Waals surface area contributed by atoms with Crippen LogP contribution in [0.5, 0.6) is 0 Å². The maximum atomic E-state index is 14.9. The number of rotatable bonds is 19. The van der Waals surface area contributed by atoms with Gasteiger partial charge in [0.25, 0.3) is 0 Å². The molecule has 0 aliphatic carbocycles. The molecule has 3 saturated heterocycles. The summed E-state index contributed by atoms with van der Waals surface area (Å²) in [5.41, 5.74) is 12.7. The molecule has 20 heteroatoms. The van der Waals surface area contributed by atoms with Gasteiger partial charge in [0, 0.05) is 64.8 Å². The Morgan fingerprint density at radius 2 is 1.47 bits per heavy atom. The van der Waals surface area contributed by atoms with Crippen LogP contribution in [0.3, 0.4) is 0 Å². The molecule has 0 aromatic heterocycles. The van der Waals surface area contributed by atoms with Gasteiger partial charge in [0.05, 0.1) is 21.9 Å². The third kappa shape index (κ3) is 11.3. The molecule has 3 aliphatic heterocycles. The van der Waals surface area contributed by atoms with E-state index >= 15 is 0 Å². The second kappa shape index (κ2) is 21.6. The molecule has 0 saturated carbocycles. The SMILES string of the molecule is CCN(CCC(=O)N1CCCC1)S(=O)(=O)c1cccc(S(=O)(=O)N2CC[C@H]3CC[C@@H](C(=O)NC(c4ccccc4)c4ccccc4)N3C(=O)[C@@H](NC(=O)[C@H](CCC(N)=O)NCN)C2)c1. The van der Waals surface area contributed by atoms with Crippen LogP contribution in [0.2, 0.25) is 0 Å². The number of hydrogen-bond acceptors (Lipinski definition) is 11. The highest BCUT2D eigenvalue weighted by Gasteiger charge is 2.47. The van der Waals surface area contributed by atoms with Crippen LogP contribution in [0.15, 0.2) is 94.7 Å². The highest BCUT2D eigenvalue weighted by molar-refractivity contribution is 7.90.